The summed E-state index contributed by atoms with van der Waals surface area (Å²) in [6.45, 7) is 2.10. The quantitative estimate of drug-likeness (QED) is 0.743. The van der Waals surface area contributed by atoms with Gasteiger partial charge in [-0.3, -0.25) is 4.79 Å². The average Bonchev–Trinajstić information content (AvgIpc) is 3.47. The number of nitrogens with one attached hydrogen (secondary N) is 1. The zero-order valence-corrected chi connectivity index (χ0v) is 14.9. The third-order valence-corrected chi connectivity index (χ3v) is 4.96. The van der Waals surface area contributed by atoms with Crippen molar-refractivity contribution in [1.29, 1.82) is 5.26 Å². The second-order valence-corrected chi connectivity index (χ2v) is 6.76. The highest BCUT2D eigenvalue weighted by molar-refractivity contribution is 5.98. The topological polar surface area (TPSA) is 105 Å². The van der Waals surface area contributed by atoms with Crippen LogP contribution in [0.15, 0.2) is 42.6 Å². The van der Waals surface area contributed by atoms with Gasteiger partial charge in [-0.2, -0.15) is 5.26 Å². The number of nitrogens with zero attached hydrogens (tertiary/aromatic N) is 3. The van der Waals surface area contributed by atoms with Crippen LogP contribution in [0.1, 0.15) is 18.9 Å². The van der Waals surface area contributed by atoms with Gasteiger partial charge in [0, 0.05) is 17.1 Å². The summed E-state index contributed by atoms with van der Waals surface area (Å²) in [4.78, 5) is 21.0. The Bertz CT molecular complexity index is 1090. The molecule has 0 radical (unpaired) electrons. The summed E-state index contributed by atoms with van der Waals surface area (Å²) >= 11 is 0. The Hall–Kier alpha value is -3.46. The number of fused-ring (bicyclic) bond motifs is 1. The van der Waals surface area contributed by atoms with Crippen molar-refractivity contribution in [3.8, 4) is 17.3 Å². The molecule has 1 fully saturated rings. The smallest absolute Gasteiger partial charge is 0.230 e. The number of hydrogen-bond acceptors (Lipinski definition) is 5. The van der Waals surface area contributed by atoms with Crippen molar-refractivity contribution in [2.75, 3.05) is 11.1 Å². The lowest BCUT2D eigenvalue weighted by atomic mass is 10.0. The number of aromatic nitrogens is 2. The minimum absolute atomic E-state index is 0.160. The largest absolute Gasteiger partial charge is 0.383 e. The first-order valence-electron chi connectivity index (χ1n) is 8.95. The van der Waals surface area contributed by atoms with Gasteiger partial charge in [-0.25, -0.2) is 9.97 Å². The fourth-order valence-electron chi connectivity index (χ4n) is 3.31. The fourth-order valence-corrected chi connectivity index (χ4v) is 3.31. The second-order valence-electron chi connectivity index (χ2n) is 6.76. The maximum atomic E-state index is 12.2. The van der Waals surface area contributed by atoms with E-state index in [1.807, 2.05) is 24.3 Å². The van der Waals surface area contributed by atoms with E-state index in [-0.39, 0.29) is 17.7 Å². The Morgan fingerprint density at radius 1 is 1.37 bits per heavy atom. The van der Waals surface area contributed by atoms with E-state index in [0.29, 0.717) is 18.1 Å². The average molecular weight is 357 g/mol. The van der Waals surface area contributed by atoms with Crippen molar-refractivity contribution in [1.82, 2.24) is 9.97 Å². The molecule has 2 atom stereocenters. The predicted molar refractivity (Wildman–Crippen MR) is 105 cm³/mol. The molecular formula is C21H19N5O. The maximum Gasteiger partial charge on any atom is 0.230 e. The number of carbonyl (C=O) groups excluding carboxylic acids is 1. The van der Waals surface area contributed by atoms with E-state index in [4.69, 9.17) is 11.0 Å². The summed E-state index contributed by atoms with van der Waals surface area (Å²) < 4.78 is 0. The molecule has 1 saturated carbocycles. The molecule has 3 N–H and O–H groups in total. The number of aryl methyl sites for hydroxylation is 1. The number of rotatable bonds is 4. The minimum atomic E-state index is -0.234. The van der Waals surface area contributed by atoms with E-state index in [1.165, 1.54) is 5.56 Å². The number of pyridine rings is 2. The van der Waals surface area contributed by atoms with Crippen LogP contribution in [0.3, 0.4) is 0 Å². The van der Waals surface area contributed by atoms with Crippen LogP contribution in [0.25, 0.3) is 22.0 Å². The van der Waals surface area contributed by atoms with Crippen LogP contribution in [-0.2, 0) is 11.2 Å². The van der Waals surface area contributed by atoms with Crippen LogP contribution in [0.4, 0.5) is 11.6 Å². The molecule has 3 aromatic rings. The summed E-state index contributed by atoms with van der Waals surface area (Å²) in [6, 6.07) is 14.0. The molecule has 0 spiro atoms. The number of amides is 1. The molecule has 2 aromatic heterocycles. The van der Waals surface area contributed by atoms with Crippen molar-refractivity contribution in [2.45, 2.75) is 19.8 Å². The normalized spacial score (nSPS) is 18.1. The SMILES string of the molecule is CCc1ccccc1-c1cc2cc(NC(=O)[C@H]3C[C@H]3C#N)ncc2c(N)n1. The molecule has 6 heteroatoms. The highest BCUT2D eigenvalue weighted by Crippen LogP contribution is 2.38. The lowest BCUT2D eigenvalue weighted by Gasteiger charge is -2.11. The summed E-state index contributed by atoms with van der Waals surface area (Å²) in [5.74, 6) is 0.290. The molecule has 2 heterocycles. The summed E-state index contributed by atoms with van der Waals surface area (Å²) in [5.41, 5.74) is 9.20. The van der Waals surface area contributed by atoms with E-state index in [2.05, 4.69) is 34.3 Å². The van der Waals surface area contributed by atoms with E-state index in [1.54, 1.807) is 12.3 Å². The summed E-state index contributed by atoms with van der Waals surface area (Å²) in [5, 5.41) is 13.3. The van der Waals surface area contributed by atoms with Crippen molar-refractivity contribution >= 4 is 28.3 Å². The molecule has 1 aliphatic carbocycles. The van der Waals surface area contributed by atoms with Gasteiger partial charge < -0.3 is 11.1 Å². The Morgan fingerprint density at radius 2 is 2.19 bits per heavy atom. The molecular weight excluding hydrogens is 338 g/mol. The number of benzene rings is 1. The summed E-state index contributed by atoms with van der Waals surface area (Å²) in [7, 11) is 0. The van der Waals surface area contributed by atoms with Crippen molar-refractivity contribution in [2.24, 2.45) is 11.8 Å². The molecule has 27 heavy (non-hydrogen) atoms. The molecule has 1 aliphatic rings. The van der Waals surface area contributed by atoms with Crippen molar-refractivity contribution < 1.29 is 4.79 Å². The number of anilines is 2. The maximum absolute atomic E-state index is 12.2. The molecule has 0 saturated heterocycles. The van der Waals surface area contributed by atoms with Crippen LogP contribution >= 0.6 is 0 Å². The molecule has 1 aromatic carbocycles. The number of carbonyl (C=O) groups is 1. The second kappa shape index (κ2) is 6.69. The minimum Gasteiger partial charge on any atom is -0.383 e. The van der Waals surface area contributed by atoms with E-state index in [9.17, 15) is 4.79 Å². The predicted octanol–water partition coefficient (Wildman–Crippen LogP) is 3.54. The van der Waals surface area contributed by atoms with E-state index < -0.39 is 0 Å². The van der Waals surface area contributed by atoms with Gasteiger partial charge in [0.25, 0.3) is 0 Å². The van der Waals surface area contributed by atoms with Gasteiger partial charge in [-0.15, -0.1) is 0 Å². The van der Waals surface area contributed by atoms with Gasteiger partial charge in [0.15, 0.2) is 0 Å². The monoisotopic (exact) mass is 357 g/mol. The van der Waals surface area contributed by atoms with Crippen LogP contribution in [0.2, 0.25) is 0 Å². The van der Waals surface area contributed by atoms with Gasteiger partial charge in [0.05, 0.1) is 23.6 Å². The zero-order valence-electron chi connectivity index (χ0n) is 14.9. The van der Waals surface area contributed by atoms with Gasteiger partial charge in [0.2, 0.25) is 5.91 Å². The standard InChI is InChI=1S/C21H19N5O/c1-2-12-5-3-4-6-15(12)18-8-13-9-19(24-11-17(13)20(23)25-18)26-21(27)16-7-14(16)10-22/h3-6,8-9,11,14,16H,2,7H2,1H3,(H2,23,25)(H,24,26,27)/t14-,16-/m0/s1. The van der Waals surface area contributed by atoms with Crippen LogP contribution < -0.4 is 11.1 Å². The number of hydrogen-bond donors (Lipinski definition) is 2. The van der Waals surface area contributed by atoms with E-state index >= 15 is 0 Å². The van der Waals surface area contributed by atoms with Crippen molar-refractivity contribution in [3.05, 3.63) is 48.2 Å². The van der Waals surface area contributed by atoms with Crippen LogP contribution in [-0.4, -0.2) is 15.9 Å². The zero-order chi connectivity index (χ0) is 19.0. The molecule has 1 amide bonds. The Kier molecular flexibility index (Phi) is 4.21. The Labute approximate surface area is 157 Å². The fraction of sp³-hybridized carbons (Fsp3) is 0.238. The Balaban J connectivity index is 1.70. The third-order valence-electron chi connectivity index (χ3n) is 4.96. The molecule has 0 bridgehead atoms. The first-order valence-corrected chi connectivity index (χ1v) is 8.95. The first kappa shape index (κ1) is 17.0. The third kappa shape index (κ3) is 3.20. The Morgan fingerprint density at radius 3 is 2.93 bits per heavy atom. The van der Waals surface area contributed by atoms with Crippen LogP contribution in [0.5, 0.6) is 0 Å². The highest BCUT2D eigenvalue weighted by atomic mass is 16.2. The van der Waals surface area contributed by atoms with E-state index in [0.717, 1.165) is 28.5 Å². The first-order chi connectivity index (χ1) is 13.1. The highest BCUT2D eigenvalue weighted by Gasteiger charge is 2.43. The lowest BCUT2D eigenvalue weighted by Crippen LogP contribution is -2.15. The van der Waals surface area contributed by atoms with Gasteiger partial charge in [-0.1, -0.05) is 31.2 Å². The van der Waals surface area contributed by atoms with Crippen molar-refractivity contribution in [3.63, 3.8) is 0 Å². The molecule has 0 unspecified atom stereocenters. The van der Waals surface area contributed by atoms with Gasteiger partial charge >= 0.3 is 0 Å². The molecule has 134 valence electrons. The van der Waals surface area contributed by atoms with Gasteiger partial charge in [0.1, 0.15) is 11.6 Å². The lowest BCUT2D eigenvalue weighted by molar-refractivity contribution is -0.117. The van der Waals surface area contributed by atoms with Gasteiger partial charge in [-0.05, 0) is 35.9 Å². The molecule has 4 rings (SSSR count). The summed E-state index contributed by atoms with van der Waals surface area (Å²) in [6.07, 6.45) is 3.14. The van der Waals surface area contributed by atoms with Crippen LogP contribution in [0, 0.1) is 23.2 Å². The molecule has 6 nitrogen and oxygen atoms in total. The number of nitrogen functional groups attached to an aromatic ring is 1. The number of nitrogens with two attached hydrogens (primary N) is 1. The molecule has 0 aliphatic heterocycles. The number of nitriles is 1.